The number of ether oxygens (including phenoxy) is 1. The van der Waals surface area contributed by atoms with E-state index in [9.17, 15) is 4.79 Å². The van der Waals surface area contributed by atoms with Gasteiger partial charge in [0.2, 0.25) is 0 Å². The van der Waals surface area contributed by atoms with Crippen molar-refractivity contribution < 1.29 is 9.53 Å². The van der Waals surface area contributed by atoms with Crippen LogP contribution in [0.1, 0.15) is 36.2 Å². The lowest BCUT2D eigenvalue weighted by Crippen LogP contribution is -2.30. The van der Waals surface area contributed by atoms with E-state index >= 15 is 0 Å². The summed E-state index contributed by atoms with van der Waals surface area (Å²) in [7, 11) is 0. The number of aromatic nitrogens is 1. The topological polar surface area (TPSA) is 89.3 Å². The van der Waals surface area contributed by atoms with E-state index in [1.807, 2.05) is 0 Å². The molecule has 1 aromatic rings. The molecule has 20 heavy (non-hydrogen) atoms. The fourth-order valence-electron chi connectivity index (χ4n) is 2.15. The average Bonchev–Trinajstić information content (AvgIpc) is 2.48. The number of nitrogens with one attached hydrogen (secondary N) is 2. The first kappa shape index (κ1) is 15.0. The molecule has 7 heteroatoms. The largest absolute Gasteiger partial charge is 0.378 e. The molecule has 1 aromatic heterocycles. The summed E-state index contributed by atoms with van der Waals surface area (Å²) < 4.78 is 5.61. The minimum atomic E-state index is -0.303. The summed E-state index contributed by atoms with van der Waals surface area (Å²) in [4.78, 5) is 16.1. The van der Waals surface area contributed by atoms with E-state index < -0.39 is 0 Å². The summed E-state index contributed by atoms with van der Waals surface area (Å²) in [6.45, 7) is 1.36. The predicted octanol–water partition coefficient (Wildman–Crippen LogP) is 1.71. The number of nitrogen functional groups attached to an aromatic ring is 1. The van der Waals surface area contributed by atoms with Gasteiger partial charge in [0, 0.05) is 13.2 Å². The van der Waals surface area contributed by atoms with Crippen molar-refractivity contribution >= 4 is 23.3 Å². The number of hydrogen-bond donors (Lipinski definition) is 3. The van der Waals surface area contributed by atoms with Crippen LogP contribution in [0.4, 0.5) is 5.82 Å². The minimum Gasteiger partial charge on any atom is -0.378 e. The number of carbonyl (C=O) groups is 1. The summed E-state index contributed by atoms with van der Waals surface area (Å²) in [6, 6.07) is 3.19. The van der Waals surface area contributed by atoms with Crippen molar-refractivity contribution in [3.8, 4) is 0 Å². The molecule has 1 saturated heterocycles. The smallest absolute Gasteiger partial charge is 0.271 e. The van der Waals surface area contributed by atoms with Crippen LogP contribution in [0.25, 0.3) is 0 Å². The molecule has 1 amide bonds. The fourth-order valence-corrected chi connectivity index (χ4v) is 2.34. The molecule has 0 bridgehead atoms. The lowest BCUT2D eigenvalue weighted by atomic mass is 10.1. The van der Waals surface area contributed by atoms with Gasteiger partial charge in [-0.2, -0.15) is 0 Å². The zero-order valence-electron chi connectivity index (χ0n) is 11.2. The Hall–Kier alpha value is -1.37. The Morgan fingerprint density at radius 3 is 3.05 bits per heavy atom. The maximum absolute atomic E-state index is 12.0. The van der Waals surface area contributed by atoms with E-state index in [4.69, 9.17) is 22.2 Å². The molecule has 1 aliphatic rings. The number of rotatable bonds is 5. The van der Waals surface area contributed by atoms with Gasteiger partial charge < -0.3 is 15.5 Å². The van der Waals surface area contributed by atoms with Crippen LogP contribution in [0.3, 0.4) is 0 Å². The van der Waals surface area contributed by atoms with Gasteiger partial charge in [0.15, 0.2) is 0 Å². The first-order chi connectivity index (χ1) is 9.70. The molecule has 0 saturated carbocycles. The maximum Gasteiger partial charge on any atom is 0.271 e. The van der Waals surface area contributed by atoms with Crippen LogP contribution in [0, 0.1) is 0 Å². The van der Waals surface area contributed by atoms with Gasteiger partial charge in [-0.05, 0) is 37.8 Å². The Kier molecular flexibility index (Phi) is 5.58. The summed E-state index contributed by atoms with van der Waals surface area (Å²) in [5.41, 5.74) is 2.56. The third kappa shape index (κ3) is 4.06. The molecule has 0 spiro atoms. The molecule has 6 nitrogen and oxygen atoms in total. The van der Waals surface area contributed by atoms with E-state index in [1.165, 1.54) is 6.42 Å². The molecular weight excluding hydrogens is 280 g/mol. The number of nitrogens with two attached hydrogens (primary N) is 1. The number of halogens is 1. The number of amides is 1. The number of hydrogen-bond acceptors (Lipinski definition) is 5. The Bertz CT molecular complexity index is 464. The average molecular weight is 299 g/mol. The van der Waals surface area contributed by atoms with Gasteiger partial charge >= 0.3 is 0 Å². The third-order valence-electron chi connectivity index (χ3n) is 3.23. The lowest BCUT2D eigenvalue weighted by molar-refractivity contribution is 0.0117. The van der Waals surface area contributed by atoms with Crippen molar-refractivity contribution in [3.05, 3.63) is 22.8 Å². The highest BCUT2D eigenvalue weighted by Gasteiger charge is 2.16. The molecule has 0 radical (unpaired) electrons. The summed E-state index contributed by atoms with van der Waals surface area (Å²) in [5, 5.41) is 3.11. The van der Waals surface area contributed by atoms with Crippen LogP contribution in [-0.4, -0.2) is 30.1 Å². The number of anilines is 1. The van der Waals surface area contributed by atoms with Gasteiger partial charge in [-0.25, -0.2) is 10.8 Å². The Balaban J connectivity index is 1.84. The van der Waals surface area contributed by atoms with Crippen LogP contribution in [-0.2, 0) is 4.74 Å². The number of hydrazine groups is 1. The zero-order valence-corrected chi connectivity index (χ0v) is 11.9. The normalized spacial score (nSPS) is 18.6. The summed E-state index contributed by atoms with van der Waals surface area (Å²) in [6.07, 6.45) is 4.42. The van der Waals surface area contributed by atoms with Gasteiger partial charge in [0.1, 0.15) is 11.5 Å². The lowest BCUT2D eigenvalue weighted by Gasteiger charge is -2.22. The molecule has 4 N–H and O–H groups in total. The van der Waals surface area contributed by atoms with Crippen LogP contribution < -0.4 is 16.6 Å². The molecule has 1 aliphatic heterocycles. The molecule has 110 valence electrons. The van der Waals surface area contributed by atoms with Gasteiger partial charge in [-0.15, -0.1) is 0 Å². The van der Waals surface area contributed by atoms with E-state index in [2.05, 4.69) is 15.7 Å². The van der Waals surface area contributed by atoms with Crippen LogP contribution in [0.5, 0.6) is 0 Å². The van der Waals surface area contributed by atoms with E-state index in [0.717, 1.165) is 25.9 Å². The molecule has 1 atom stereocenters. The summed E-state index contributed by atoms with van der Waals surface area (Å²) in [5.74, 6) is 5.36. The van der Waals surface area contributed by atoms with E-state index in [-0.39, 0.29) is 17.7 Å². The second-order valence-corrected chi connectivity index (χ2v) is 5.11. The molecule has 1 unspecified atom stereocenters. The maximum atomic E-state index is 12.0. The molecule has 2 heterocycles. The number of pyridine rings is 1. The van der Waals surface area contributed by atoms with Crippen molar-refractivity contribution in [2.75, 3.05) is 18.6 Å². The van der Waals surface area contributed by atoms with Gasteiger partial charge in [0.05, 0.1) is 11.1 Å². The molecule has 0 aromatic carbocycles. The SMILES string of the molecule is NNc1ccc(Cl)c(C(=O)NCCC2CCCCO2)n1. The highest BCUT2D eigenvalue weighted by molar-refractivity contribution is 6.33. The zero-order chi connectivity index (χ0) is 14.4. The Morgan fingerprint density at radius 1 is 1.50 bits per heavy atom. The molecule has 2 rings (SSSR count). The van der Waals surface area contributed by atoms with Gasteiger partial charge in [0.25, 0.3) is 5.91 Å². The molecule has 0 aliphatic carbocycles. The van der Waals surface area contributed by atoms with Crippen molar-refractivity contribution in [3.63, 3.8) is 0 Å². The van der Waals surface area contributed by atoms with Gasteiger partial charge in [-0.3, -0.25) is 4.79 Å². The first-order valence-electron chi connectivity index (χ1n) is 6.73. The predicted molar refractivity (Wildman–Crippen MR) is 77.6 cm³/mol. The van der Waals surface area contributed by atoms with Crippen LogP contribution >= 0.6 is 11.6 Å². The Labute approximate surface area is 123 Å². The first-order valence-corrected chi connectivity index (χ1v) is 7.11. The fraction of sp³-hybridized carbons (Fsp3) is 0.538. The van der Waals surface area contributed by atoms with Crippen molar-refractivity contribution in [1.29, 1.82) is 0 Å². The van der Waals surface area contributed by atoms with Gasteiger partial charge in [-0.1, -0.05) is 11.6 Å². The molecule has 1 fully saturated rings. The van der Waals surface area contributed by atoms with Crippen molar-refractivity contribution in [2.24, 2.45) is 5.84 Å². The quantitative estimate of drug-likeness (QED) is 0.569. The standard InChI is InChI=1S/C13H19ClN4O2/c14-10-4-5-11(18-15)17-12(10)13(19)16-7-6-9-3-1-2-8-20-9/h4-5,9H,1-3,6-8,15H2,(H,16,19)(H,17,18). The highest BCUT2D eigenvalue weighted by Crippen LogP contribution is 2.17. The third-order valence-corrected chi connectivity index (χ3v) is 3.54. The molecular formula is C13H19ClN4O2. The van der Waals surface area contributed by atoms with Crippen LogP contribution in [0.2, 0.25) is 5.02 Å². The van der Waals surface area contributed by atoms with Crippen molar-refractivity contribution in [1.82, 2.24) is 10.3 Å². The number of carbonyl (C=O) groups excluding carboxylic acids is 1. The van der Waals surface area contributed by atoms with E-state index in [0.29, 0.717) is 17.4 Å². The number of nitrogens with zero attached hydrogens (tertiary/aromatic N) is 1. The second kappa shape index (κ2) is 7.42. The minimum absolute atomic E-state index is 0.173. The van der Waals surface area contributed by atoms with Crippen molar-refractivity contribution in [2.45, 2.75) is 31.8 Å². The van der Waals surface area contributed by atoms with E-state index in [1.54, 1.807) is 12.1 Å². The Morgan fingerprint density at radius 2 is 2.35 bits per heavy atom. The second-order valence-electron chi connectivity index (χ2n) is 4.70. The monoisotopic (exact) mass is 298 g/mol. The summed E-state index contributed by atoms with van der Waals surface area (Å²) >= 11 is 5.96. The van der Waals surface area contributed by atoms with Crippen LogP contribution in [0.15, 0.2) is 12.1 Å². The highest BCUT2D eigenvalue weighted by atomic mass is 35.5.